The molecule has 2 heterocycles. The van der Waals surface area contributed by atoms with Gasteiger partial charge in [-0.15, -0.1) is 0 Å². The van der Waals surface area contributed by atoms with Crippen molar-refractivity contribution in [2.45, 2.75) is 12.8 Å². The molecule has 0 saturated heterocycles. The molecule has 34 heavy (non-hydrogen) atoms. The minimum Gasteiger partial charge on any atom is -0.493 e. The van der Waals surface area contributed by atoms with Gasteiger partial charge in [0.1, 0.15) is 0 Å². The van der Waals surface area contributed by atoms with Crippen LogP contribution in [0.2, 0.25) is 0 Å². The van der Waals surface area contributed by atoms with Crippen molar-refractivity contribution in [3.63, 3.8) is 0 Å². The van der Waals surface area contributed by atoms with Crippen LogP contribution in [0.15, 0.2) is 59.6 Å². The number of rotatable bonds is 6. The summed E-state index contributed by atoms with van der Waals surface area (Å²) in [5.41, 5.74) is 5.74. The lowest BCUT2D eigenvalue weighted by Gasteiger charge is -2.20. The van der Waals surface area contributed by atoms with Gasteiger partial charge in [-0.3, -0.25) is 4.99 Å². The number of carbonyl (C=O) groups excluding carboxylic acids is 1. The summed E-state index contributed by atoms with van der Waals surface area (Å²) in [4.78, 5) is 17.2. The molecule has 0 unspecified atom stereocenters. The number of hydrogen-bond acceptors (Lipinski definition) is 6. The Kier molecular flexibility index (Phi) is 5.95. The maximum absolute atomic E-state index is 12.4. The van der Waals surface area contributed by atoms with Crippen LogP contribution in [0.25, 0.3) is 0 Å². The van der Waals surface area contributed by atoms with Gasteiger partial charge in [-0.25, -0.2) is 4.79 Å². The van der Waals surface area contributed by atoms with Crippen LogP contribution in [-0.4, -0.2) is 39.3 Å². The molecule has 8 nitrogen and oxygen atoms in total. The van der Waals surface area contributed by atoms with Crippen LogP contribution in [0.3, 0.4) is 0 Å². The number of amides is 2. The molecule has 0 radical (unpaired) electrons. The molecule has 0 aliphatic carbocycles. The second-order valence-corrected chi connectivity index (χ2v) is 7.96. The predicted octanol–water partition coefficient (Wildman–Crippen LogP) is 4.66. The van der Waals surface area contributed by atoms with Gasteiger partial charge in [-0.05, 0) is 53.9 Å². The monoisotopic (exact) mass is 459 g/mol. The molecular formula is C26H25N3O5. The van der Waals surface area contributed by atoms with E-state index in [-0.39, 0.29) is 12.8 Å². The zero-order valence-corrected chi connectivity index (χ0v) is 19.0. The van der Waals surface area contributed by atoms with Crippen LogP contribution in [-0.2, 0) is 12.8 Å². The quantitative estimate of drug-likeness (QED) is 0.559. The van der Waals surface area contributed by atoms with E-state index >= 15 is 0 Å². The molecule has 0 atom stereocenters. The lowest BCUT2D eigenvalue weighted by atomic mass is 9.93. The Bertz CT molecular complexity index is 1250. The lowest BCUT2D eigenvalue weighted by Crippen LogP contribution is -2.19. The average Bonchev–Trinajstić information content (AvgIpc) is 3.32. The molecular weight excluding hydrogens is 434 g/mol. The zero-order valence-electron chi connectivity index (χ0n) is 19.0. The molecule has 0 spiro atoms. The van der Waals surface area contributed by atoms with Gasteiger partial charge in [0.25, 0.3) is 0 Å². The molecule has 2 N–H and O–H groups in total. The third-order valence-corrected chi connectivity index (χ3v) is 5.82. The first-order chi connectivity index (χ1) is 16.6. The van der Waals surface area contributed by atoms with E-state index in [1.54, 1.807) is 32.4 Å². The van der Waals surface area contributed by atoms with Crippen molar-refractivity contribution in [2.24, 2.45) is 4.99 Å². The van der Waals surface area contributed by atoms with Gasteiger partial charge in [0.15, 0.2) is 23.0 Å². The molecule has 3 aromatic carbocycles. The van der Waals surface area contributed by atoms with Crippen LogP contribution in [0.5, 0.6) is 23.0 Å². The van der Waals surface area contributed by atoms with Crippen molar-refractivity contribution < 1.29 is 23.7 Å². The van der Waals surface area contributed by atoms with Gasteiger partial charge in [0.2, 0.25) is 6.79 Å². The Morgan fingerprint density at radius 3 is 2.41 bits per heavy atom. The summed E-state index contributed by atoms with van der Waals surface area (Å²) in [6, 6.07) is 16.7. The molecule has 2 amide bonds. The van der Waals surface area contributed by atoms with Crippen molar-refractivity contribution >= 4 is 23.1 Å². The zero-order chi connectivity index (χ0) is 23.5. The van der Waals surface area contributed by atoms with Crippen LogP contribution in [0.1, 0.15) is 16.7 Å². The summed E-state index contributed by atoms with van der Waals surface area (Å²) in [6.45, 7) is 0.939. The van der Waals surface area contributed by atoms with Crippen LogP contribution in [0.4, 0.5) is 16.2 Å². The summed E-state index contributed by atoms with van der Waals surface area (Å²) in [5, 5.41) is 5.65. The van der Waals surface area contributed by atoms with Crippen molar-refractivity contribution in [2.75, 3.05) is 38.2 Å². The second-order valence-electron chi connectivity index (χ2n) is 7.96. The van der Waals surface area contributed by atoms with E-state index in [9.17, 15) is 4.79 Å². The number of ether oxygens (including phenoxy) is 4. The number of carbonyl (C=O) groups is 1. The summed E-state index contributed by atoms with van der Waals surface area (Å²) in [5.74, 6) is 2.72. The van der Waals surface area contributed by atoms with E-state index < -0.39 is 0 Å². The number of nitrogens with one attached hydrogen (secondary N) is 2. The van der Waals surface area contributed by atoms with Crippen molar-refractivity contribution in [1.29, 1.82) is 0 Å². The number of methoxy groups -OCH3 is 2. The van der Waals surface area contributed by atoms with Gasteiger partial charge in [0, 0.05) is 41.7 Å². The topological polar surface area (TPSA) is 90.4 Å². The Morgan fingerprint density at radius 2 is 1.62 bits per heavy atom. The molecule has 3 aromatic rings. The molecule has 2 aliphatic rings. The van der Waals surface area contributed by atoms with E-state index in [0.717, 1.165) is 35.6 Å². The van der Waals surface area contributed by atoms with Gasteiger partial charge in [-0.1, -0.05) is 12.1 Å². The van der Waals surface area contributed by atoms with Crippen LogP contribution < -0.4 is 29.6 Å². The Labute approximate surface area is 197 Å². The largest absolute Gasteiger partial charge is 0.493 e. The third-order valence-electron chi connectivity index (χ3n) is 5.82. The highest BCUT2D eigenvalue weighted by molar-refractivity contribution is 6.04. The fraction of sp³-hybridized carbons (Fsp3) is 0.231. The molecule has 0 fully saturated rings. The number of nitrogens with zero attached hydrogens (tertiary/aromatic N) is 1. The first kappa shape index (κ1) is 21.6. The van der Waals surface area contributed by atoms with Crippen molar-refractivity contribution in [3.05, 3.63) is 71.3 Å². The molecule has 0 saturated carbocycles. The molecule has 2 aliphatic heterocycles. The van der Waals surface area contributed by atoms with E-state index in [1.165, 1.54) is 5.56 Å². The predicted molar refractivity (Wildman–Crippen MR) is 130 cm³/mol. The first-order valence-electron chi connectivity index (χ1n) is 11.0. The minimum absolute atomic E-state index is 0.192. The van der Waals surface area contributed by atoms with E-state index in [0.29, 0.717) is 35.0 Å². The van der Waals surface area contributed by atoms with Crippen molar-refractivity contribution in [3.8, 4) is 23.0 Å². The Morgan fingerprint density at radius 1 is 0.912 bits per heavy atom. The fourth-order valence-electron chi connectivity index (χ4n) is 4.11. The van der Waals surface area contributed by atoms with E-state index in [1.807, 2.05) is 36.4 Å². The Hall–Kier alpha value is -4.20. The third kappa shape index (κ3) is 4.47. The first-order valence-corrected chi connectivity index (χ1v) is 11.0. The van der Waals surface area contributed by atoms with Gasteiger partial charge >= 0.3 is 6.03 Å². The highest BCUT2D eigenvalue weighted by atomic mass is 16.7. The highest BCUT2D eigenvalue weighted by Crippen LogP contribution is 2.35. The number of hydrogen-bond donors (Lipinski definition) is 2. The molecule has 174 valence electrons. The number of fused-ring (bicyclic) bond motifs is 2. The minimum atomic E-state index is -0.335. The van der Waals surface area contributed by atoms with Crippen LogP contribution in [0, 0.1) is 0 Å². The lowest BCUT2D eigenvalue weighted by molar-refractivity contribution is 0.174. The maximum Gasteiger partial charge on any atom is 0.323 e. The molecule has 8 heteroatoms. The average molecular weight is 460 g/mol. The van der Waals surface area contributed by atoms with Gasteiger partial charge in [-0.2, -0.15) is 0 Å². The summed E-state index contributed by atoms with van der Waals surface area (Å²) in [6.07, 6.45) is 1.56. The van der Waals surface area contributed by atoms with Crippen molar-refractivity contribution in [1.82, 2.24) is 0 Å². The second kappa shape index (κ2) is 9.35. The SMILES string of the molecule is COc1cc2c(cc1OC)C(Cc1ccc(NC(=O)Nc3ccc4c(c3)OCO4)cc1)=NCC2. The summed E-state index contributed by atoms with van der Waals surface area (Å²) in [7, 11) is 3.28. The summed E-state index contributed by atoms with van der Waals surface area (Å²) < 4.78 is 21.6. The van der Waals surface area contributed by atoms with E-state index in [2.05, 4.69) is 10.6 Å². The number of benzene rings is 3. The number of urea groups is 1. The standard InChI is InChI=1S/C26H25N3O5/c1-31-23-12-17-9-10-27-21(20(17)14-24(23)32-2)11-16-3-5-18(6-4-16)28-26(30)29-19-7-8-22-25(13-19)34-15-33-22/h3-8,12-14H,9-11,15H2,1-2H3,(H2,28,29,30). The fourth-order valence-corrected chi connectivity index (χ4v) is 4.11. The van der Waals surface area contributed by atoms with Gasteiger partial charge in [0.05, 0.1) is 14.2 Å². The Balaban J connectivity index is 1.24. The van der Waals surface area contributed by atoms with Crippen LogP contribution >= 0.6 is 0 Å². The summed E-state index contributed by atoms with van der Waals surface area (Å²) >= 11 is 0. The highest BCUT2D eigenvalue weighted by Gasteiger charge is 2.19. The van der Waals surface area contributed by atoms with E-state index in [4.69, 9.17) is 23.9 Å². The smallest absolute Gasteiger partial charge is 0.323 e. The molecule has 5 rings (SSSR count). The maximum atomic E-state index is 12.4. The molecule has 0 aromatic heterocycles. The number of aliphatic imine (C=N–C) groups is 1. The normalized spacial score (nSPS) is 13.5. The van der Waals surface area contributed by atoms with Gasteiger partial charge < -0.3 is 29.6 Å². The molecule has 0 bridgehead atoms. The number of anilines is 2.